The summed E-state index contributed by atoms with van der Waals surface area (Å²) < 4.78 is 19.2. The first-order valence-electron chi connectivity index (χ1n) is 5.87. The number of hydrogen-bond acceptors (Lipinski definition) is 1. The van der Waals surface area contributed by atoms with Gasteiger partial charge in [0.25, 0.3) is 0 Å². The highest BCUT2D eigenvalue weighted by molar-refractivity contribution is 9.10. The molecule has 0 radical (unpaired) electrons. The second-order valence-corrected chi connectivity index (χ2v) is 6.50. The monoisotopic (exact) mass is 420 g/mol. The number of ether oxygens (including phenoxy) is 1. The largest absolute Gasteiger partial charge is 0.496 e. The van der Waals surface area contributed by atoms with Gasteiger partial charge in [0, 0.05) is 16.7 Å². The van der Waals surface area contributed by atoms with Gasteiger partial charge in [-0.1, -0.05) is 45.7 Å². The average Bonchev–Trinajstić information content (AvgIpc) is 2.43. The molecule has 0 N–H and O–H groups in total. The van der Waals surface area contributed by atoms with Crippen LogP contribution in [0.5, 0.6) is 5.75 Å². The highest BCUT2D eigenvalue weighted by Gasteiger charge is 2.20. The Morgan fingerprint density at radius 2 is 1.95 bits per heavy atom. The summed E-state index contributed by atoms with van der Waals surface area (Å²) in [5.41, 5.74) is 2.73. The summed E-state index contributed by atoms with van der Waals surface area (Å²) in [6, 6.07) is 8.88. The number of methoxy groups -OCH3 is 1. The van der Waals surface area contributed by atoms with E-state index in [0.717, 1.165) is 16.7 Å². The fourth-order valence-electron chi connectivity index (χ4n) is 1.95. The van der Waals surface area contributed by atoms with Gasteiger partial charge in [0.15, 0.2) is 0 Å². The van der Waals surface area contributed by atoms with Crippen LogP contribution in [-0.2, 0) is 0 Å². The minimum Gasteiger partial charge on any atom is -0.496 e. The van der Waals surface area contributed by atoms with Gasteiger partial charge in [-0.3, -0.25) is 0 Å². The predicted molar refractivity (Wildman–Crippen MR) is 87.6 cm³/mol. The third-order valence-electron chi connectivity index (χ3n) is 3.04. The lowest BCUT2D eigenvalue weighted by Gasteiger charge is -2.17. The highest BCUT2D eigenvalue weighted by Crippen LogP contribution is 2.42. The molecule has 2 aromatic carbocycles. The van der Waals surface area contributed by atoms with E-state index in [1.54, 1.807) is 6.07 Å². The summed E-state index contributed by atoms with van der Waals surface area (Å²) in [4.78, 5) is -0.179. The van der Waals surface area contributed by atoms with Crippen LogP contribution in [0.15, 0.2) is 34.8 Å². The standard InChI is InChI=1S/C15H12Br2ClFO/c1-8-4-3-5-9(15(8)18)14(17)10-6-11(16)12(19)7-13(10)20-2/h3-7,14H,1-2H3. The van der Waals surface area contributed by atoms with Gasteiger partial charge in [-0.2, -0.15) is 0 Å². The second kappa shape index (κ2) is 6.46. The van der Waals surface area contributed by atoms with Gasteiger partial charge in [-0.15, -0.1) is 0 Å². The molecule has 20 heavy (non-hydrogen) atoms. The van der Waals surface area contributed by atoms with Gasteiger partial charge in [-0.05, 0) is 40.0 Å². The SMILES string of the molecule is COc1cc(F)c(Br)cc1C(Br)c1cccc(C)c1Cl. The molecule has 1 nitrogen and oxygen atoms in total. The van der Waals surface area contributed by atoms with Gasteiger partial charge in [0.05, 0.1) is 16.4 Å². The molecule has 0 aliphatic heterocycles. The molecule has 0 heterocycles. The first kappa shape index (κ1) is 15.8. The molecular formula is C15H12Br2ClFO. The van der Waals surface area contributed by atoms with Crippen molar-refractivity contribution in [2.75, 3.05) is 7.11 Å². The number of hydrogen-bond donors (Lipinski definition) is 0. The van der Waals surface area contributed by atoms with Crippen molar-refractivity contribution in [2.24, 2.45) is 0 Å². The van der Waals surface area contributed by atoms with Crippen molar-refractivity contribution in [2.45, 2.75) is 11.8 Å². The smallest absolute Gasteiger partial charge is 0.141 e. The molecule has 0 fully saturated rings. The van der Waals surface area contributed by atoms with E-state index in [4.69, 9.17) is 16.3 Å². The maximum atomic E-state index is 13.6. The number of aryl methyl sites for hydroxylation is 1. The number of halogens is 4. The average molecular weight is 423 g/mol. The van der Waals surface area contributed by atoms with Gasteiger partial charge >= 0.3 is 0 Å². The van der Waals surface area contributed by atoms with E-state index in [1.807, 2.05) is 25.1 Å². The minimum atomic E-state index is -0.361. The molecule has 0 saturated heterocycles. The zero-order chi connectivity index (χ0) is 14.9. The Labute approximate surface area is 139 Å². The summed E-state index contributed by atoms with van der Waals surface area (Å²) in [6.45, 7) is 1.95. The molecular weight excluding hydrogens is 410 g/mol. The first-order valence-corrected chi connectivity index (χ1v) is 7.96. The van der Waals surface area contributed by atoms with Gasteiger partial charge in [0.2, 0.25) is 0 Å². The van der Waals surface area contributed by atoms with Crippen molar-refractivity contribution in [1.29, 1.82) is 0 Å². The van der Waals surface area contributed by atoms with Crippen LogP contribution in [-0.4, -0.2) is 7.11 Å². The zero-order valence-electron chi connectivity index (χ0n) is 10.9. The molecule has 0 aromatic heterocycles. The number of alkyl halides is 1. The van der Waals surface area contributed by atoms with Crippen LogP contribution < -0.4 is 4.74 Å². The van der Waals surface area contributed by atoms with E-state index in [-0.39, 0.29) is 10.6 Å². The number of benzene rings is 2. The molecule has 0 aliphatic rings. The van der Waals surface area contributed by atoms with Crippen molar-refractivity contribution in [3.05, 3.63) is 62.3 Å². The quantitative estimate of drug-likeness (QED) is 0.548. The van der Waals surface area contributed by atoms with E-state index in [0.29, 0.717) is 15.2 Å². The lowest BCUT2D eigenvalue weighted by atomic mass is 10.0. The molecule has 0 spiro atoms. The Morgan fingerprint density at radius 3 is 2.60 bits per heavy atom. The van der Waals surface area contributed by atoms with Crippen LogP contribution in [0.4, 0.5) is 4.39 Å². The summed E-state index contributed by atoms with van der Waals surface area (Å²) >= 11 is 13.2. The Bertz CT molecular complexity index is 646. The molecule has 0 saturated carbocycles. The van der Waals surface area contributed by atoms with Crippen LogP contribution >= 0.6 is 43.5 Å². The molecule has 1 atom stereocenters. The summed E-state index contributed by atoms with van der Waals surface area (Å²) in [6.07, 6.45) is 0. The van der Waals surface area contributed by atoms with Crippen LogP contribution in [0.3, 0.4) is 0 Å². The molecule has 0 aliphatic carbocycles. The Hall–Kier alpha value is -0.580. The summed E-state index contributed by atoms with van der Waals surface area (Å²) in [5.74, 6) is 0.116. The summed E-state index contributed by atoms with van der Waals surface area (Å²) in [7, 11) is 1.52. The van der Waals surface area contributed by atoms with Crippen molar-refractivity contribution < 1.29 is 9.13 Å². The minimum absolute atomic E-state index is 0.179. The fraction of sp³-hybridized carbons (Fsp3) is 0.200. The molecule has 0 amide bonds. The van der Waals surface area contributed by atoms with Crippen LogP contribution in [0, 0.1) is 12.7 Å². The van der Waals surface area contributed by atoms with Crippen molar-refractivity contribution in [3.8, 4) is 5.75 Å². The maximum Gasteiger partial charge on any atom is 0.141 e. The van der Waals surface area contributed by atoms with Crippen LogP contribution in [0.2, 0.25) is 5.02 Å². The lowest BCUT2D eigenvalue weighted by Crippen LogP contribution is -2.00. The normalized spacial score (nSPS) is 12.3. The van der Waals surface area contributed by atoms with Gasteiger partial charge in [0.1, 0.15) is 11.6 Å². The molecule has 106 valence electrons. The molecule has 0 bridgehead atoms. The molecule has 5 heteroatoms. The van der Waals surface area contributed by atoms with E-state index in [9.17, 15) is 4.39 Å². The summed E-state index contributed by atoms with van der Waals surface area (Å²) in [5, 5.41) is 0.692. The fourth-order valence-corrected chi connectivity index (χ4v) is 3.42. The van der Waals surface area contributed by atoms with Crippen molar-refractivity contribution in [1.82, 2.24) is 0 Å². The predicted octanol–water partition coefficient (Wildman–Crippen LogP) is 6.04. The number of rotatable bonds is 3. The zero-order valence-corrected chi connectivity index (χ0v) is 14.8. The van der Waals surface area contributed by atoms with Crippen molar-refractivity contribution >= 4 is 43.5 Å². The third-order valence-corrected chi connectivity index (χ3v) is 5.15. The molecule has 1 unspecified atom stereocenters. The Balaban J connectivity index is 2.55. The first-order chi connectivity index (χ1) is 9.45. The second-order valence-electron chi connectivity index (χ2n) is 4.35. The van der Waals surface area contributed by atoms with E-state index in [2.05, 4.69) is 31.9 Å². The highest BCUT2D eigenvalue weighted by atomic mass is 79.9. The van der Waals surface area contributed by atoms with E-state index in [1.165, 1.54) is 13.2 Å². The van der Waals surface area contributed by atoms with Gasteiger partial charge < -0.3 is 4.74 Å². The lowest BCUT2D eigenvalue weighted by molar-refractivity contribution is 0.406. The van der Waals surface area contributed by atoms with Crippen LogP contribution in [0.25, 0.3) is 0 Å². The third kappa shape index (κ3) is 3.02. The van der Waals surface area contributed by atoms with E-state index >= 15 is 0 Å². The van der Waals surface area contributed by atoms with Gasteiger partial charge in [-0.25, -0.2) is 4.39 Å². The maximum absolute atomic E-state index is 13.6. The molecule has 2 aromatic rings. The van der Waals surface area contributed by atoms with Crippen molar-refractivity contribution in [3.63, 3.8) is 0 Å². The Kier molecular flexibility index (Phi) is 5.10. The van der Waals surface area contributed by atoms with E-state index < -0.39 is 0 Å². The topological polar surface area (TPSA) is 9.23 Å². The molecule has 2 rings (SSSR count). The van der Waals surface area contributed by atoms with Crippen LogP contribution in [0.1, 0.15) is 21.5 Å². The Morgan fingerprint density at radius 1 is 1.25 bits per heavy atom.